The Labute approximate surface area is 174 Å². The molecule has 0 atom stereocenters. The van der Waals surface area contributed by atoms with Crippen molar-refractivity contribution in [3.05, 3.63) is 85.0 Å². The number of furan rings is 1. The van der Waals surface area contributed by atoms with E-state index in [1.165, 1.54) is 25.3 Å². The lowest BCUT2D eigenvalue weighted by Gasteiger charge is -2.06. The molecule has 10 heteroatoms. The number of methoxy groups -OCH3 is 1. The summed E-state index contributed by atoms with van der Waals surface area (Å²) in [5, 5.41) is 30.1. The Morgan fingerprint density at radius 3 is 2.71 bits per heavy atom. The third-order valence-electron chi connectivity index (χ3n) is 4.37. The number of H-pyrrole nitrogens is 1. The number of rotatable bonds is 7. The average molecular weight is 421 g/mol. The third kappa shape index (κ3) is 4.26. The number of carbonyl (C=O) groups is 1. The molecule has 2 heterocycles. The SMILES string of the molecule is COCc1c([N+](=O)[O-])c(C=Cc2ccc(-c3ccccc3C(=O)O)o2)[nH]c(=O)c1C#N. The summed E-state index contributed by atoms with van der Waals surface area (Å²) < 4.78 is 10.6. The highest BCUT2D eigenvalue weighted by atomic mass is 16.6. The number of aromatic carboxylic acids is 1. The summed E-state index contributed by atoms with van der Waals surface area (Å²) in [4.78, 5) is 36.8. The van der Waals surface area contributed by atoms with Gasteiger partial charge in [0.25, 0.3) is 11.2 Å². The number of aromatic amines is 1. The summed E-state index contributed by atoms with van der Waals surface area (Å²) in [5.74, 6) is -0.552. The Morgan fingerprint density at radius 1 is 1.32 bits per heavy atom. The van der Waals surface area contributed by atoms with Crippen LogP contribution in [0.25, 0.3) is 23.5 Å². The number of nitrogens with one attached hydrogen (secondary N) is 1. The maximum Gasteiger partial charge on any atom is 0.336 e. The molecule has 0 amide bonds. The fourth-order valence-electron chi connectivity index (χ4n) is 3.03. The van der Waals surface area contributed by atoms with Crippen LogP contribution in [0.5, 0.6) is 0 Å². The van der Waals surface area contributed by atoms with Gasteiger partial charge in [0.1, 0.15) is 28.8 Å². The Bertz CT molecular complexity index is 1300. The van der Waals surface area contributed by atoms with Crippen molar-refractivity contribution in [2.24, 2.45) is 0 Å². The Morgan fingerprint density at radius 2 is 2.06 bits per heavy atom. The maximum absolute atomic E-state index is 12.2. The van der Waals surface area contributed by atoms with Gasteiger partial charge < -0.3 is 19.2 Å². The van der Waals surface area contributed by atoms with Gasteiger partial charge in [0.05, 0.1) is 22.7 Å². The topological polar surface area (TPSA) is 159 Å². The molecule has 156 valence electrons. The summed E-state index contributed by atoms with van der Waals surface area (Å²) in [6, 6.07) is 11.1. The highest BCUT2D eigenvalue weighted by molar-refractivity contribution is 5.95. The van der Waals surface area contributed by atoms with Crippen LogP contribution < -0.4 is 5.56 Å². The summed E-state index contributed by atoms with van der Waals surface area (Å²) in [7, 11) is 1.29. The first-order valence-electron chi connectivity index (χ1n) is 8.80. The molecule has 0 fully saturated rings. The van der Waals surface area contributed by atoms with Gasteiger partial charge in [-0.05, 0) is 30.4 Å². The standard InChI is InChI=1S/C21H15N3O7/c1-30-11-16-15(10-22)20(25)23-17(19(16)24(28)29)8-6-12-7-9-18(31-12)13-4-2-3-5-14(13)21(26)27/h2-9H,11H2,1H3,(H,23,25)(H,26,27). The van der Waals surface area contributed by atoms with E-state index in [0.717, 1.165) is 0 Å². The van der Waals surface area contributed by atoms with Gasteiger partial charge >= 0.3 is 5.97 Å². The van der Waals surface area contributed by atoms with E-state index in [2.05, 4.69) is 4.98 Å². The number of benzene rings is 1. The van der Waals surface area contributed by atoms with Crippen molar-refractivity contribution in [1.82, 2.24) is 4.98 Å². The highest BCUT2D eigenvalue weighted by Gasteiger charge is 2.25. The molecule has 0 radical (unpaired) electrons. The summed E-state index contributed by atoms with van der Waals surface area (Å²) in [6.07, 6.45) is 2.65. The van der Waals surface area contributed by atoms with Crippen molar-refractivity contribution in [2.75, 3.05) is 7.11 Å². The summed E-state index contributed by atoms with van der Waals surface area (Å²) in [5.41, 5.74) is -1.47. The number of hydrogen-bond acceptors (Lipinski definition) is 7. The van der Waals surface area contributed by atoms with Crippen LogP contribution in [0.3, 0.4) is 0 Å². The molecule has 0 bridgehead atoms. The lowest BCUT2D eigenvalue weighted by Crippen LogP contribution is -2.18. The van der Waals surface area contributed by atoms with E-state index in [9.17, 15) is 30.1 Å². The smallest absolute Gasteiger partial charge is 0.336 e. The number of ether oxygens (including phenoxy) is 1. The minimum absolute atomic E-state index is 0.0589. The molecule has 0 aliphatic carbocycles. The second-order valence-corrected chi connectivity index (χ2v) is 6.26. The van der Waals surface area contributed by atoms with Crippen molar-refractivity contribution in [1.29, 1.82) is 5.26 Å². The number of nitrogens with zero attached hydrogens (tertiary/aromatic N) is 2. The first-order valence-corrected chi connectivity index (χ1v) is 8.80. The van der Waals surface area contributed by atoms with Crippen molar-refractivity contribution >= 4 is 23.8 Å². The fourth-order valence-corrected chi connectivity index (χ4v) is 3.03. The number of nitro groups is 1. The van der Waals surface area contributed by atoms with Crippen LogP contribution >= 0.6 is 0 Å². The predicted octanol–water partition coefficient (Wildman–Crippen LogP) is 3.43. The molecule has 0 saturated heterocycles. The number of hydrogen-bond donors (Lipinski definition) is 2. The van der Waals surface area contributed by atoms with Crippen LogP contribution in [0.4, 0.5) is 5.69 Å². The van der Waals surface area contributed by atoms with Gasteiger partial charge in [-0.25, -0.2) is 4.79 Å². The van der Waals surface area contributed by atoms with Crippen molar-refractivity contribution in [2.45, 2.75) is 6.61 Å². The zero-order chi connectivity index (χ0) is 22.5. The molecule has 1 aromatic carbocycles. The lowest BCUT2D eigenvalue weighted by atomic mass is 10.1. The first-order chi connectivity index (χ1) is 14.9. The summed E-state index contributed by atoms with van der Waals surface area (Å²) in [6.45, 7) is -0.291. The minimum atomic E-state index is -1.11. The largest absolute Gasteiger partial charge is 0.478 e. The van der Waals surface area contributed by atoms with Crippen LogP contribution in [0, 0.1) is 21.4 Å². The molecule has 31 heavy (non-hydrogen) atoms. The monoisotopic (exact) mass is 421 g/mol. The molecule has 0 unspecified atom stereocenters. The molecule has 0 saturated carbocycles. The third-order valence-corrected chi connectivity index (χ3v) is 4.37. The molecule has 3 rings (SSSR count). The molecule has 0 spiro atoms. The van der Waals surface area contributed by atoms with E-state index in [4.69, 9.17) is 9.15 Å². The van der Waals surface area contributed by atoms with Crippen LogP contribution in [0.2, 0.25) is 0 Å². The van der Waals surface area contributed by atoms with Gasteiger partial charge in [-0.1, -0.05) is 18.2 Å². The molecular weight excluding hydrogens is 406 g/mol. The van der Waals surface area contributed by atoms with E-state index in [-0.39, 0.29) is 29.2 Å². The second-order valence-electron chi connectivity index (χ2n) is 6.26. The Balaban J connectivity index is 2.04. The van der Waals surface area contributed by atoms with Crippen LogP contribution in [0.15, 0.2) is 45.6 Å². The average Bonchev–Trinajstić information content (AvgIpc) is 3.21. The first kappa shape index (κ1) is 21.2. The van der Waals surface area contributed by atoms with Gasteiger partial charge in [0.2, 0.25) is 0 Å². The lowest BCUT2D eigenvalue weighted by molar-refractivity contribution is -0.386. The van der Waals surface area contributed by atoms with E-state index in [1.807, 2.05) is 0 Å². The quantitative estimate of drug-likeness (QED) is 0.433. The van der Waals surface area contributed by atoms with Gasteiger partial charge in [-0.2, -0.15) is 5.26 Å². The van der Waals surface area contributed by atoms with Crippen LogP contribution in [0.1, 0.15) is 32.9 Å². The predicted molar refractivity (Wildman–Crippen MR) is 109 cm³/mol. The molecular formula is C21H15N3O7. The zero-order valence-corrected chi connectivity index (χ0v) is 16.1. The van der Waals surface area contributed by atoms with E-state index in [0.29, 0.717) is 11.3 Å². The number of carboxylic acid groups (broad SMARTS) is 1. The maximum atomic E-state index is 12.2. The highest BCUT2D eigenvalue weighted by Crippen LogP contribution is 2.28. The zero-order valence-electron chi connectivity index (χ0n) is 16.1. The van der Waals surface area contributed by atoms with Crippen LogP contribution in [-0.2, 0) is 11.3 Å². The number of nitriles is 1. The number of pyridine rings is 1. The van der Waals surface area contributed by atoms with Gasteiger partial charge in [0.15, 0.2) is 0 Å². The molecule has 0 aliphatic rings. The van der Waals surface area contributed by atoms with Gasteiger partial charge in [-0.3, -0.25) is 14.9 Å². The van der Waals surface area contributed by atoms with Gasteiger partial charge in [-0.15, -0.1) is 0 Å². The van der Waals surface area contributed by atoms with Crippen molar-refractivity contribution in [3.63, 3.8) is 0 Å². The Kier molecular flexibility index (Phi) is 6.09. The second kappa shape index (κ2) is 8.89. The molecule has 2 N–H and O–H groups in total. The summed E-state index contributed by atoms with van der Waals surface area (Å²) >= 11 is 0. The van der Waals surface area contributed by atoms with Crippen molar-refractivity contribution in [3.8, 4) is 17.4 Å². The number of carboxylic acids is 1. The molecule has 0 aliphatic heterocycles. The molecule has 3 aromatic rings. The van der Waals surface area contributed by atoms with E-state index >= 15 is 0 Å². The minimum Gasteiger partial charge on any atom is -0.478 e. The molecule has 10 nitrogen and oxygen atoms in total. The van der Waals surface area contributed by atoms with Gasteiger partial charge in [0, 0.05) is 12.7 Å². The van der Waals surface area contributed by atoms with E-state index < -0.39 is 27.7 Å². The van der Waals surface area contributed by atoms with E-state index in [1.54, 1.807) is 36.4 Å². The molecule has 2 aromatic heterocycles. The van der Waals surface area contributed by atoms with Crippen molar-refractivity contribution < 1.29 is 24.0 Å². The fraction of sp³-hybridized carbons (Fsp3) is 0.0952. The number of aromatic nitrogens is 1. The van der Waals surface area contributed by atoms with Crippen LogP contribution in [-0.4, -0.2) is 28.1 Å². The normalized spacial score (nSPS) is 10.8. The Hall–Kier alpha value is -4.49.